The molecule has 0 saturated carbocycles. The Labute approximate surface area is 244 Å². The predicted molar refractivity (Wildman–Crippen MR) is 182 cm³/mol. The Morgan fingerprint density at radius 1 is 0.214 bits per heavy atom. The summed E-state index contributed by atoms with van der Waals surface area (Å²) in [7, 11) is 0. The van der Waals surface area contributed by atoms with E-state index in [1.165, 1.54) is 86.9 Å². The highest BCUT2D eigenvalue weighted by Gasteiger charge is 2.18. The summed E-state index contributed by atoms with van der Waals surface area (Å²) in [4.78, 5) is 0. The van der Waals surface area contributed by atoms with Gasteiger partial charge in [0.05, 0.1) is 0 Å². The third-order valence-electron chi connectivity index (χ3n) is 9.02. The molecule has 9 rings (SSSR count). The maximum atomic E-state index is 2.41. The minimum atomic E-state index is 1.26. The summed E-state index contributed by atoms with van der Waals surface area (Å²) in [5.74, 6) is 0. The predicted octanol–water partition coefficient (Wildman–Crippen LogP) is 11.9. The Bertz CT molecular complexity index is 2510. The highest BCUT2D eigenvalue weighted by Crippen LogP contribution is 2.45. The number of fused-ring (bicyclic) bond motifs is 9. The molecule has 0 nitrogen and oxygen atoms in total. The van der Waals surface area contributed by atoms with Crippen molar-refractivity contribution < 1.29 is 0 Å². The van der Waals surface area contributed by atoms with Crippen LogP contribution in [0.5, 0.6) is 0 Å². The Morgan fingerprint density at radius 2 is 0.667 bits per heavy atom. The summed E-state index contributed by atoms with van der Waals surface area (Å²) >= 11 is 0. The summed E-state index contributed by atoms with van der Waals surface area (Å²) in [6.45, 7) is 0. The molecule has 0 amide bonds. The molecule has 0 aliphatic carbocycles. The lowest BCUT2D eigenvalue weighted by atomic mass is 9.84. The molecule has 0 fully saturated rings. The summed E-state index contributed by atoms with van der Waals surface area (Å²) in [6.07, 6.45) is 0. The van der Waals surface area contributed by atoms with Crippen molar-refractivity contribution in [2.24, 2.45) is 0 Å². The summed E-state index contributed by atoms with van der Waals surface area (Å²) in [6, 6.07) is 58.2. The van der Waals surface area contributed by atoms with E-state index < -0.39 is 0 Å². The second kappa shape index (κ2) is 9.03. The first-order valence-electron chi connectivity index (χ1n) is 14.6. The monoisotopic (exact) mass is 530 g/mol. The lowest BCUT2D eigenvalue weighted by Gasteiger charge is -2.19. The molecular weight excluding hydrogens is 504 g/mol. The molecule has 9 aromatic carbocycles. The van der Waals surface area contributed by atoms with Gasteiger partial charge in [-0.05, 0) is 99.0 Å². The zero-order valence-electron chi connectivity index (χ0n) is 23.0. The zero-order valence-corrected chi connectivity index (χ0v) is 23.0. The third kappa shape index (κ3) is 3.36. The fraction of sp³-hybridized carbons (Fsp3) is 0. The smallest absolute Gasteiger partial charge is 0.00199 e. The fourth-order valence-electron chi connectivity index (χ4n) is 7.15. The van der Waals surface area contributed by atoms with Gasteiger partial charge in [0, 0.05) is 0 Å². The van der Waals surface area contributed by atoms with Crippen molar-refractivity contribution in [3.05, 3.63) is 158 Å². The quantitative estimate of drug-likeness (QED) is 0.195. The molecule has 0 aliphatic heterocycles. The van der Waals surface area contributed by atoms with Crippen LogP contribution in [0.3, 0.4) is 0 Å². The van der Waals surface area contributed by atoms with Crippen LogP contribution in [0.2, 0.25) is 0 Å². The van der Waals surface area contributed by atoms with Gasteiger partial charge in [0.1, 0.15) is 0 Å². The van der Waals surface area contributed by atoms with Crippen LogP contribution in [-0.2, 0) is 0 Å². The van der Waals surface area contributed by atoms with E-state index in [0.717, 1.165) is 0 Å². The van der Waals surface area contributed by atoms with Crippen LogP contribution in [0, 0.1) is 0 Å². The largest absolute Gasteiger partial charge is 0.0616 e. The molecular formula is C42H26. The Hall–Kier alpha value is -5.46. The first kappa shape index (κ1) is 23.3. The third-order valence-corrected chi connectivity index (χ3v) is 9.02. The van der Waals surface area contributed by atoms with Crippen molar-refractivity contribution in [1.82, 2.24) is 0 Å². The molecule has 0 atom stereocenters. The first-order valence-corrected chi connectivity index (χ1v) is 14.6. The first-order chi connectivity index (χ1) is 20.8. The lowest BCUT2D eigenvalue weighted by molar-refractivity contribution is 1.69. The molecule has 0 N–H and O–H groups in total. The summed E-state index contributed by atoms with van der Waals surface area (Å²) in [5.41, 5.74) is 5.09. The van der Waals surface area contributed by atoms with E-state index in [1.807, 2.05) is 0 Å². The maximum Gasteiger partial charge on any atom is -0.00199 e. The summed E-state index contributed by atoms with van der Waals surface area (Å²) in [5, 5.41) is 15.4. The van der Waals surface area contributed by atoms with Crippen LogP contribution >= 0.6 is 0 Å². The molecule has 0 unspecified atom stereocenters. The summed E-state index contributed by atoms with van der Waals surface area (Å²) < 4.78 is 0. The molecule has 0 heteroatoms. The van der Waals surface area contributed by atoms with Gasteiger partial charge in [-0.25, -0.2) is 0 Å². The van der Waals surface area contributed by atoms with Crippen molar-refractivity contribution in [1.29, 1.82) is 0 Å². The van der Waals surface area contributed by atoms with Crippen LogP contribution in [0.4, 0.5) is 0 Å². The van der Waals surface area contributed by atoms with Crippen molar-refractivity contribution in [2.45, 2.75) is 0 Å². The van der Waals surface area contributed by atoms with E-state index >= 15 is 0 Å². The van der Waals surface area contributed by atoms with Gasteiger partial charge >= 0.3 is 0 Å². The average molecular weight is 531 g/mol. The number of benzene rings is 9. The fourth-order valence-corrected chi connectivity index (χ4v) is 7.15. The zero-order chi connectivity index (χ0) is 27.6. The van der Waals surface area contributed by atoms with Gasteiger partial charge in [-0.1, -0.05) is 146 Å². The minimum Gasteiger partial charge on any atom is -0.0616 e. The van der Waals surface area contributed by atoms with Crippen molar-refractivity contribution >= 4 is 64.6 Å². The van der Waals surface area contributed by atoms with Crippen molar-refractivity contribution in [3.8, 4) is 22.3 Å². The SMILES string of the molecule is c1ccc2c(c1)ccc1c(-c3cccc4c3c(-c3cc5ccccc5c5ccccc35)cc3ccccc34)cccc12. The molecule has 0 aromatic heterocycles. The van der Waals surface area contributed by atoms with Gasteiger partial charge in [-0.2, -0.15) is 0 Å². The van der Waals surface area contributed by atoms with Crippen LogP contribution in [0.1, 0.15) is 0 Å². The van der Waals surface area contributed by atoms with Gasteiger partial charge in [0.25, 0.3) is 0 Å². The van der Waals surface area contributed by atoms with Crippen LogP contribution < -0.4 is 0 Å². The van der Waals surface area contributed by atoms with E-state index in [4.69, 9.17) is 0 Å². The van der Waals surface area contributed by atoms with Gasteiger partial charge in [0.2, 0.25) is 0 Å². The number of rotatable bonds is 2. The average Bonchev–Trinajstić information content (AvgIpc) is 3.07. The maximum absolute atomic E-state index is 2.41. The van der Waals surface area contributed by atoms with Crippen LogP contribution in [-0.4, -0.2) is 0 Å². The number of hydrogen-bond acceptors (Lipinski definition) is 0. The lowest BCUT2D eigenvalue weighted by Crippen LogP contribution is -1.91. The molecule has 0 aliphatic rings. The molecule has 0 bridgehead atoms. The van der Waals surface area contributed by atoms with Crippen LogP contribution in [0.15, 0.2) is 158 Å². The topological polar surface area (TPSA) is 0 Å². The Morgan fingerprint density at radius 3 is 1.38 bits per heavy atom. The van der Waals surface area contributed by atoms with Gasteiger partial charge in [0.15, 0.2) is 0 Å². The second-order valence-electron chi connectivity index (χ2n) is 11.3. The Balaban J connectivity index is 1.47. The van der Waals surface area contributed by atoms with E-state index in [2.05, 4.69) is 158 Å². The minimum absolute atomic E-state index is 1.26. The van der Waals surface area contributed by atoms with E-state index in [-0.39, 0.29) is 0 Å². The van der Waals surface area contributed by atoms with Crippen LogP contribution in [0.25, 0.3) is 86.9 Å². The van der Waals surface area contributed by atoms with E-state index in [1.54, 1.807) is 0 Å². The van der Waals surface area contributed by atoms with E-state index in [0.29, 0.717) is 0 Å². The molecule has 0 spiro atoms. The number of hydrogen-bond donors (Lipinski definition) is 0. The molecule has 0 heterocycles. The standard InChI is InChI=1S/C42H26/c1-4-14-30-27(11-1)23-24-37-34(30)19-9-20-35(37)39-22-10-21-38-32-16-6-3-13-29(32)26-41(42(38)39)40-25-28-12-2-5-15-31(28)33-17-7-8-18-36(33)40/h1-26H. The van der Waals surface area contributed by atoms with Gasteiger partial charge in [-0.15, -0.1) is 0 Å². The molecule has 9 aromatic rings. The highest BCUT2D eigenvalue weighted by atomic mass is 14.2. The molecule has 0 radical (unpaired) electrons. The van der Waals surface area contributed by atoms with Gasteiger partial charge in [-0.3, -0.25) is 0 Å². The van der Waals surface area contributed by atoms with Crippen molar-refractivity contribution in [3.63, 3.8) is 0 Å². The van der Waals surface area contributed by atoms with Crippen molar-refractivity contribution in [2.75, 3.05) is 0 Å². The molecule has 42 heavy (non-hydrogen) atoms. The Kier molecular flexibility index (Phi) is 5.00. The highest BCUT2D eigenvalue weighted by molar-refractivity contribution is 6.24. The second-order valence-corrected chi connectivity index (χ2v) is 11.3. The molecule has 0 saturated heterocycles. The van der Waals surface area contributed by atoms with E-state index in [9.17, 15) is 0 Å². The van der Waals surface area contributed by atoms with Gasteiger partial charge < -0.3 is 0 Å². The normalized spacial score (nSPS) is 11.8. The molecule has 194 valence electrons.